The van der Waals surface area contributed by atoms with Crippen molar-refractivity contribution in [2.45, 2.75) is 6.42 Å². The fourth-order valence-electron chi connectivity index (χ4n) is 2.85. The number of aliphatic carboxylic acids is 1. The fourth-order valence-corrected chi connectivity index (χ4v) is 2.85. The van der Waals surface area contributed by atoms with Crippen LogP contribution in [0.1, 0.15) is 5.69 Å². The van der Waals surface area contributed by atoms with Gasteiger partial charge in [0.2, 0.25) is 0 Å². The second kappa shape index (κ2) is 6.29. The number of hydrogen-bond acceptors (Lipinski definition) is 5. The Hall–Kier alpha value is -3.74. The number of carboxylic acid groups (broad SMARTS) is 1. The third-order valence-electron chi connectivity index (χ3n) is 4.01. The number of carboxylic acids is 1. The lowest BCUT2D eigenvalue weighted by Crippen LogP contribution is -2.00. The minimum Gasteiger partial charge on any atom is -0.504 e. The lowest BCUT2D eigenvalue weighted by Gasteiger charge is -2.01. The number of imidazole rings is 1. The van der Waals surface area contributed by atoms with Crippen molar-refractivity contribution in [2.75, 3.05) is 0 Å². The molecule has 0 amide bonds. The van der Waals surface area contributed by atoms with Gasteiger partial charge in [-0.3, -0.25) is 9.20 Å². The molecule has 4 aromatic rings. The summed E-state index contributed by atoms with van der Waals surface area (Å²) < 4.78 is 1.53. The number of aromatic nitrogens is 2. The molecule has 2 heterocycles. The molecule has 7 nitrogen and oxygen atoms in total. The number of nitrogens with zero attached hydrogens (tertiary/aromatic N) is 4. The van der Waals surface area contributed by atoms with Gasteiger partial charge in [0.15, 0.2) is 17.2 Å². The smallest absolute Gasteiger partial charge is 0.309 e. The molecule has 7 heteroatoms. The minimum absolute atomic E-state index is 0.0502. The average Bonchev–Trinajstić information content (AvgIpc) is 2.98. The van der Waals surface area contributed by atoms with Gasteiger partial charge in [0.1, 0.15) is 0 Å². The minimum atomic E-state index is -1.03. The Labute approximate surface area is 147 Å². The molecule has 0 spiro atoms. The van der Waals surface area contributed by atoms with Gasteiger partial charge >= 0.3 is 5.97 Å². The number of fused-ring (bicyclic) bond motifs is 2. The van der Waals surface area contributed by atoms with Crippen LogP contribution in [-0.2, 0) is 11.2 Å². The van der Waals surface area contributed by atoms with Gasteiger partial charge < -0.3 is 10.2 Å². The van der Waals surface area contributed by atoms with E-state index in [4.69, 9.17) is 5.11 Å². The summed E-state index contributed by atoms with van der Waals surface area (Å²) in [6.45, 7) is 0. The SMILES string of the molecule is O=C(O)Cc1nc2c(O)cccn2c1N=Nc1cccc2ccccc12. The first kappa shape index (κ1) is 15.8. The number of aromatic hydroxyl groups is 1. The second-order valence-electron chi connectivity index (χ2n) is 5.74. The molecule has 0 bridgehead atoms. The lowest BCUT2D eigenvalue weighted by atomic mass is 10.1. The maximum Gasteiger partial charge on any atom is 0.309 e. The number of azo groups is 1. The van der Waals surface area contributed by atoms with Gasteiger partial charge in [0.25, 0.3) is 0 Å². The topological polar surface area (TPSA) is 99.5 Å². The molecule has 2 N–H and O–H groups in total. The summed E-state index contributed by atoms with van der Waals surface area (Å²) in [4.78, 5) is 15.4. The summed E-state index contributed by atoms with van der Waals surface area (Å²) in [7, 11) is 0. The number of pyridine rings is 1. The number of rotatable bonds is 4. The third-order valence-corrected chi connectivity index (χ3v) is 4.01. The Morgan fingerprint density at radius 2 is 1.85 bits per heavy atom. The Kier molecular flexibility index (Phi) is 3.81. The van der Waals surface area contributed by atoms with Crippen LogP contribution in [0.5, 0.6) is 5.75 Å². The first-order valence-electron chi connectivity index (χ1n) is 7.93. The summed E-state index contributed by atoms with van der Waals surface area (Å²) >= 11 is 0. The molecule has 0 saturated carbocycles. The Bertz CT molecular complexity index is 1160. The Balaban J connectivity index is 1.86. The Morgan fingerprint density at radius 1 is 1.04 bits per heavy atom. The molecule has 0 atom stereocenters. The van der Waals surface area contributed by atoms with E-state index in [-0.39, 0.29) is 29.3 Å². The molecule has 2 aromatic carbocycles. The van der Waals surface area contributed by atoms with E-state index in [9.17, 15) is 9.90 Å². The molecule has 0 saturated heterocycles. The molecule has 2 aromatic heterocycles. The first-order valence-corrected chi connectivity index (χ1v) is 7.93. The normalized spacial score (nSPS) is 11.5. The fraction of sp³-hybridized carbons (Fsp3) is 0.0526. The summed E-state index contributed by atoms with van der Waals surface area (Å²) in [6, 6.07) is 16.6. The molecule has 4 rings (SSSR count). The van der Waals surface area contributed by atoms with Gasteiger partial charge in [-0.2, -0.15) is 0 Å². The highest BCUT2D eigenvalue weighted by atomic mass is 16.4. The van der Waals surface area contributed by atoms with Crippen molar-refractivity contribution < 1.29 is 15.0 Å². The van der Waals surface area contributed by atoms with Crippen molar-refractivity contribution in [3.05, 3.63) is 66.5 Å². The highest BCUT2D eigenvalue weighted by Gasteiger charge is 2.17. The first-order chi connectivity index (χ1) is 12.6. The van der Waals surface area contributed by atoms with Gasteiger partial charge in [-0.15, -0.1) is 10.2 Å². The second-order valence-corrected chi connectivity index (χ2v) is 5.74. The molecule has 0 fully saturated rings. The lowest BCUT2D eigenvalue weighted by molar-refractivity contribution is -0.136. The van der Waals surface area contributed by atoms with E-state index in [0.29, 0.717) is 5.69 Å². The van der Waals surface area contributed by atoms with Gasteiger partial charge in [-0.1, -0.05) is 36.4 Å². The van der Waals surface area contributed by atoms with Crippen LogP contribution in [0, 0.1) is 0 Å². The summed E-state index contributed by atoms with van der Waals surface area (Å²) in [5, 5.41) is 29.6. The Morgan fingerprint density at radius 3 is 2.69 bits per heavy atom. The summed E-state index contributed by atoms with van der Waals surface area (Å²) in [6.07, 6.45) is 1.34. The van der Waals surface area contributed by atoms with E-state index in [1.54, 1.807) is 12.3 Å². The van der Waals surface area contributed by atoms with E-state index in [1.165, 1.54) is 10.5 Å². The molecule has 128 valence electrons. The van der Waals surface area contributed by atoms with Crippen LogP contribution in [0.15, 0.2) is 71.0 Å². The summed E-state index contributed by atoms with van der Waals surface area (Å²) in [5.74, 6) is -0.800. The molecule has 26 heavy (non-hydrogen) atoms. The third kappa shape index (κ3) is 2.75. The molecular formula is C19H14N4O3. The predicted molar refractivity (Wildman–Crippen MR) is 96.3 cm³/mol. The highest BCUT2D eigenvalue weighted by Crippen LogP contribution is 2.31. The molecule has 0 aliphatic carbocycles. The predicted octanol–water partition coefficient (Wildman–Crippen LogP) is 4.24. The maximum atomic E-state index is 11.1. The van der Waals surface area contributed by atoms with Crippen LogP contribution in [0.25, 0.3) is 16.4 Å². The van der Waals surface area contributed by atoms with E-state index in [2.05, 4.69) is 15.2 Å². The number of benzene rings is 2. The number of carbonyl (C=O) groups is 1. The van der Waals surface area contributed by atoms with Crippen molar-refractivity contribution in [3.8, 4) is 5.75 Å². The highest BCUT2D eigenvalue weighted by molar-refractivity contribution is 5.92. The summed E-state index contributed by atoms with van der Waals surface area (Å²) in [5.41, 5.74) is 1.15. The van der Waals surface area contributed by atoms with E-state index in [1.807, 2.05) is 42.5 Å². The van der Waals surface area contributed by atoms with E-state index < -0.39 is 5.97 Å². The van der Waals surface area contributed by atoms with E-state index in [0.717, 1.165) is 10.8 Å². The van der Waals surface area contributed by atoms with Gasteiger partial charge in [0.05, 0.1) is 17.8 Å². The molecule has 0 radical (unpaired) electrons. The van der Waals surface area contributed by atoms with Crippen LogP contribution in [-0.4, -0.2) is 25.6 Å². The zero-order chi connectivity index (χ0) is 18.1. The van der Waals surface area contributed by atoms with Gasteiger partial charge in [-0.05, 0) is 23.6 Å². The van der Waals surface area contributed by atoms with Gasteiger partial charge in [0, 0.05) is 11.6 Å². The molecule has 0 aliphatic heterocycles. The van der Waals surface area contributed by atoms with Crippen molar-refractivity contribution >= 4 is 33.9 Å². The van der Waals surface area contributed by atoms with Crippen molar-refractivity contribution in [3.63, 3.8) is 0 Å². The zero-order valence-electron chi connectivity index (χ0n) is 13.6. The zero-order valence-corrected chi connectivity index (χ0v) is 13.6. The van der Waals surface area contributed by atoms with Crippen LogP contribution >= 0.6 is 0 Å². The van der Waals surface area contributed by atoms with Crippen LogP contribution in [0.4, 0.5) is 11.5 Å². The van der Waals surface area contributed by atoms with Crippen molar-refractivity contribution in [2.24, 2.45) is 10.2 Å². The van der Waals surface area contributed by atoms with Crippen molar-refractivity contribution in [1.29, 1.82) is 0 Å². The van der Waals surface area contributed by atoms with Crippen molar-refractivity contribution in [1.82, 2.24) is 9.38 Å². The monoisotopic (exact) mass is 346 g/mol. The molecular weight excluding hydrogens is 332 g/mol. The molecule has 0 aliphatic rings. The van der Waals surface area contributed by atoms with Crippen LogP contribution < -0.4 is 0 Å². The van der Waals surface area contributed by atoms with E-state index >= 15 is 0 Å². The van der Waals surface area contributed by atoms with Crippen LogP contribution in [0.2, 0.25) is 0 Å². The standard InChI is InChI=1S/C19H14N4O3/c24-16-9-4-10-23-18(15(11-17(25)26)20-19(16)23)22-21-14-8-3-6-12-5-1-2-7-13(12)14/h1-10,24H,11H2,(H,25,26). The largest absolute Gasteiger partial charge is 0.504 e. The molecule has 0 unspecified atom stereocenters. The van der Waals surface area contributed by atoms with Crippen LogP contribution in [0.3, 0.4) is 0 Å². The number of hydrogen-bond donors (Lipinski definition) is 2. The average molecular weight is 346 g/mol. The van der Waals surface area contributed by atoms with Gasteiger partial charge in [-0.25, -0.2) is 4.98 Å². The maximum absolute atomic E-state index is 11.1. The quantitative estimate of drug-likeness (QED) is 0.540.